The number of benzene rings is 1. The summed E-state index contributed by atoms with van der Waals surface area (Å²) in [6.07, 6.45) is 0.984. The number of amides is 1. The third kappa shape index (κ3) is 3.18. The second kappa shape index (κ2) is 6.89. The lowest BCUT2D eigenvalue weighted by Crippen LogP contribution is -2.38. The number of nitrogens with one attached hydrogen (secondary N) is 1. The molecule has 0 radical (unpaired) electrons. The molecule has 1 aromatic rings. The highest BCUT2D eigenvalue weighted by molar-refractivity contribution is 5.99. The van der Waals surface area contributed by atoms with Crippen LogP contribution in [0.4, 0.5) is 10.1 Å². The maximum Gasteiger partial charge on any atom is 0.256 e. The minimum atomic E-state index is -0.386. The first-order valence-electron chi connectivity index (χ1n) is 7.61. The first-order valence-corrected chi connectivity index (χ1v) is 7.61. The second-order valence-corrected chi connectivity index (χ2v) is 5.33. The molecule has 4 nitrogen and oxygen atoms in total. The topological polar surface area (TPSA) is 35.6 Å². The van der Waals surface area contributed by atoms with Crippen molar-refractivity contribution in [1.82, 2.24) is 9.80 Å². The first kappa shape index (κ1) is 15.8. The Balaban J connectivity index is 2.14. The number of likely N-dealkylation sites (N-methyl/N-ethyl adjacent to an activating group) is 1. The van der Waals surface area contributed by atoms with E-state index in [4.69, 9.17) is 0 Å². The molecule has 1 atom stereocenters. The fourth-order valence-electron chi connectivity index (χ4n) is 3.09. The molecule has 5 heteroatoms. The van der Waals surface area contributed by atoms with Crippen molar-refractivity contribution in [2.75, 3.05) is 38.5 Å². The van der Waals surface area contributed by atoms with E-state index in [9.17, 15) is 9.18 Å². The van der Waals surface area contributed by atoms with Crippen LogP contribution in [0.15, 0.2) is 18.2 Å². The summed E-state index contributed by atoms with van der Waals surface area (Å²) >= 11 is 0. The molecular formula is C16H24FN3O. The molecule has 1 fully saturated rings. The van der Waals surface area contributed by atoms with Gasteiger partial charge in [0.15, 0.2) is 0 Å². The fourth-order valence-corrected chi connectivity index (χ4v) is 3.09. The van der Waals surface area contributed by atoms with Crippen molar-refractivity contribution in [3.8, 4) is 0 Å². The average Bonchev–Trinajstić information content (AvgIpc) is 2.97. The number of para-hydroxylation sites is 1. The Morgan fingerprint density at radius 1 is 1.43 bits per heavy atom. The minimum Gasteiger partial charge on any atom is -0.385 e. The third-order valence-electron chi connectivity index (χ3n) is 4.27. The standard InChI is InChI=1S/C16H24FN3O/c1-4-19(5-2)12-9-10-20(11-12)16(21)13-7-6-8-14(17)15(13)18-3/h6-8,12,18H,4-5,9-11H2,1-3H3. The molecule has 1 aliphatic rings. The summed E-state index contributed by atoms with van der Waals surface area (Å²) in [5, 5.41) is 2.79. The predicted octanol–water partition coefficient (Wildman–Crippen LogP) is 2.42. The number of rotatable bonds is 5. The van der Waals surface area contributed by atoms with Gasteiger partial charge in [-0.05, 0) is 31.6 Å². The van der Waals surface area contributed by atoms with Crippen molar-refractivity contribution in [1.29, 1.82) is 0 Å². The Hall–Kier alpha value is -1.62. The summed E-state index contributed by atoms with van der Waals surface area (Å²) in [5.41, 5.74) is 0.700. The number of nitrogens with zero attached hydrogens (tertiary/aromatic N) is 2. The molecule has 1 heterocycles. The highest BCUT2D eigenvalue weighted by Gasteiger charge is 2.30. The van der Waals surface area contributed by atoms with Gasteiger partial charge in [-0.1, -0.05) is 19.9 Å². The van der Waals surface area contributed by atoms with E-state index < -0.39 is 0 Å². The first-order chi connectivity index (χ1) is 10.1. The van der Waals surface area contributed by atoms with Crippen molar-refractivity contribution in [3.63, 3.8) is 0 Å². The van der Waals surface area contributed by atoms with E-state index in [2.05, 4.69) is 24.1 Å². The number of hydrogen-bond acceptors (Lipinski definition) is 3. The Labute approximate surface area is 125 Å². The minimum absolute atomic E-state index is 0.0893. The van der Waals surface area contributed by atoms with Gasteiger partial charge in [-0.25, -0.2) is 4.39 Å². The molecule has 0 aliphatic carbocycles. The van der Waals surface area contributed by atoms with E-state index in [1.807, 2.05) is 4.90 Å². The van der Waals surface area contributed by atoms with Crippen LogP contribution in [0.3, 0.4) is 0 Å². The molecule has 0 bridgehead atoms. The number of hydrogen-bond donors (Lipinski definition) is 1. The molecule has 1 aliphatic heterocycles. The number of halogens is 1. The highest BCUT2D eigenvalue weighted by atomic mass is 19.1. The summed E-state index contributed by atoms with van der Waals surface area (Å²) < 4.78 is 13.8. The van der Waals surface area contributed by atoms with E-state index in [0.29, 0.717) is 11.6 Å². The third-order valence-corrected chi connectivity index (χ3v) is 4.27. The Morgan fingerprint density at radius 3 is 2.76 bits per heavy atom. The molecule has 0 saturated carbocycles. The highest BCUT2D eigenvalue weighted by Crippen LogP contribution is 2.24. The van der Waals surface area contributed by atoms with Gasteiger partial charge in [0.2, 0.25) is 0 Å². The van der Waals surface area contributed by atoms with Crippen LogP contribution < -0.4 is 5.32 Å². The van der Waals surface area contributed by atoms with Crippen molar-refractivity contribution in [2.45, 2.75) is 26.3 Å². The molecule has 0 aromatic heterocycles. The van der Waals surface area contributed by atoms with Crippen molar-refractivity contribution in [2.24, 2.45) is 0 Å². The van der Waals surface area contributed by atoms with Crippen LogP contribution in [-0.4, -0.2) is 55.0 Å². The zero-order valence-electron chi connectivity index (χ0n) is 13.0. The van der Waals surface area contributed by atoms with E-state index in [0.717, 1.165) is 32.6 Å². The molecule has 1 saturated heterocycles. The zero-order valence-corrected chi connectivity index (χ0v) is 13.0. The van der Waals surface area contributed by atoms with Gasteiger partial charge < -0.3 is 10.2 Å². The van der Waals surface area contributed by atoms with Crippen molar-refractivity contribution >= 4 is 11.6 Å². The molecule has 116 valence electrons. The smallest absolute Gasteiger partial charge is 0.256 e. The number of carbonyl (C=O) groups excluding carboxylic acids is 1. The summed E-state index contributed by atoms with van der Waals surface area (Å²) in [6.45, 7) is 7.72. The van der Waals surface area contributed by atoms with Gasteiger partial charge >= 0.3 is 0 Å². The van der Waals surface area contributed by atoms with Gasteiger partial charge in [0.1, 0.15) is 5.82 Å². The van der Waals surface area contributed by atoms with Gasteiger partial charge in [-0.3, -0.25) is 9.69 Å². The van der Waals surface area contributed by atoms with Gasteiger partial charge in [0, 0.05) is 26.2 Å². The molecular weight excluding hydrogens is 269 g/mol. The van der Waals surface area contributed by atoms with Gasteiger partial charge in [0.25, 0.3) is 5.91 Å². The largest absolute Gasteiger partial charge is 0.385 e. The zero-order chi connectivity index (χ0) is 15.4. The van der Waals surface area contributed by atoms with Crippen LogP contribution in [0.1, 0.15) is 30.6 Å². The normalized spacial score (nSPS) is 18.3. The maximum absolute atomic E-state index is 13.8. The monoisotopic (exact) mass is 293 g/mol. The lowest BCUT2D eigenvalue weighted by Gasteiger charge is -2.26. The molecule has 1 aromatic carbocycles. The van der Waals surface area contributed by atoms with E-state index >= 15 is 0 Å². The summed E-state index contributed by atoms with van der Waals surface area (Å²) in [5.74, 6) is -0.476. The summed E-state index contributed by atoms with van der Waals surface area (Å²) in [7, 11) is 1.64. The molecule has 21 heavy (non-hydrogen) atoms. The predicted molar refractivity (Wildman–Crippen MR) is 83.2 cm³/mol. The summed E-state index contributed by atoms with van der Waals surface area (Å²) in [6, 6.07) is 5.05. The Kier molecular flexibility index (Phi) is 5.17. The van der Waals surface area contributed by atoms with E-state index in [1.54, 1.807) is 19.2 Å². The molecule has 1 unspecified atom stereocenters. The van der Waals surface area contributed by atoms with Crippen LogP contribution in [-0.2, 0) is 0 Å². The Morgan fingerprint density at radius 2 is 2.14 bits per heavy atom. The fraction of sp³-hybridized carbons (Fsp3) is 0.562. The lowest BCUT2D eigenvalue weighted by atomic mass is 10.1. The lowest BCUT2D eigenvalue weighted by molar-refractivity contribution is 0.0778. The van der Waals surface area contributed by atoms with Gasteiger partial charge in [0.05, 0.1) is 11.3 Å². The number of anilines is 1. The van der Waals surface area contributed by atoms with E-state index in [-0.39, 0.29) is 17.4 Å². The Bertz CT molecular complexity index is 502. The van der Waals surface area contributed by atoms with Gasteiger partial charge in [-0.2, -0.15) is 0 Å². The van der Waals surface area contributed by atoms with Crippen molar-refractivity contribution < 1.29 is 9.18 Å². The molecule has 0 spiro atoms. The molecule has 1 N–H and O–H groups in total. The average molecular weight is 293 g/mol. The summed E-state index contributed by atoms with van der Waals surface area (Å²) in [4.78, 5) is 16.8. The number of carbonyl (C=O) groups is 1. The van der Waals surface area contributed by atoms with Crippen LogP contribution in [0.5, 0.6) is 0 Å². The SMILES string of the molecule is CCN(CC)C1CCN(C(=O)c2cccc(F)c2NC)C1. The molecule has 2 rings (SSSR count). The quantitative estimate of drug-likeness (QED) is 0.905. The van der Waals surface area contributed by atoms with Crippen molar-refractivity contribution in [3.05, 3.63) is 29.6 Å². The molecule has 1 amide bonds. The van der Waals surface area contributed by atoms with Gasteiger partial charge in [-0.15, -0.1) is 0 Å². The number of likely N-dealkylation sites (tertiary alicyclic amines) is 1. The van der Waals surface area contributed by atoms with E-state index in [1.165, 1.54) is 6.07 Å². The van der Waals surface area contributed by atoms with Crippen LogP contribution in [0.25, 0.3) is 0 Å². The van der Waals surface area contributed by atoms with Crippen LogP contribution in [0, 0.1) is 5.82 Å². The van der Waals surface area contributed by atoms with Crippen LogP contribution in [0.2, 0.25) is 0 Å². The van der Waals surface area contributed by atoms with Crippen LogP contribution >= 0.6 is 0 Å². The maximum atomic E-state index is 13.8. The second-order valence-electron chi connectivity index (χ2n) is 5.33.